The number of carbonyl (C=O) groups is 1. The van der Waals surface area contributed by atoms with Crippen LogP contribution >= 0.6 is 0 Å². The van der Waals surface area contributed by atoms with Crippen molar-refractivity contribution in [1.82, 2.24) is 4.90 Å². The molecule has 28 heavy (non-hydrogen) atoms. The predicted molar refractivity (Wildman–Crippen MR) is 107 cm³/mol. The van der Waals surface area contributed by atoms with E-state index in [1.165, 1.54) is 28.9 Å². The number of piperazine rings is 1. The average Bonchev–Trinajstić information content (AvgIpc) is 3.20. The van der Waals surface area contributed by atoms with Gasteiger partial charge in [-0.05, 0) is 43.2 Å². The summed E-state index contributed by atoms with van der Waals surface area (Å²) in [5.74, 6) is -0.367. The molecule has 2 aromatic carbocycles. The Bertz CT molecular complexity index is 920. The molecule has 0 bridgehead atoms. The lowest BCUT2D eigenvalue weighted by molar-refractivity contribution is -0.142. The number of aryl methyl sites for hydroxylation is 1. The van der Waals surface area contributed by atoms with E-state index in [-0.39, 0.29) is 11.7 Å². The summed E-state index contributed by atoms with van der Waals surface area (Å²) in [6.45, 7) is 7.15. The monoisotopic (exact) mass is 381 g/mol. The number of carbonyl (C=O) groups excluding carboxylic acids is 1. The quantitative estimate of drug-likeness (QED) is 0.820. The van der Waals surface area contributed by atoms with Crippen molar-refractivity contribution in [3.05, 3.63) is 65.0 Å². The molecule has 1 unspecified atom stereocenters. The molecule has 0 saturated carbocycles. The van der Waals surface area contributed by atoms with Crippen LogP contribution in [-0.2, 0) is 9.63 Å². The summed E-state index contributed by atoms with van der Waals surface area (Å²) in [5.41, 5.74) is 5.08. The highest BCUT2D eigenvalue weighted by Gasteiger charge is 2.34. The van der Waals surface area contributed by atoms with Crippen LogP contribution in [0.1, 0.15) is 23.1 Å². The van der Waals surface area contributed by atoms with E-state index in [4.69, 9.17) is 4.84 Å². The van der Waals surface area contributed by atoms with Crippen LogP contribution in [0.25, 0.3) is 0 Å². The number of nitrogens with zero attached hydrogens (tertiary/aromatic N) is 3. The SMILES string of the molecule is Cc1cccc(N2CCN(C(=O)C3CC(c4cccc(F)c4)=NO3)CC2)c1C. The van der Waals surface area contributed by atoms with Gasteiger partial charge in [0.1, 0.15) is 5.82 Å². The minimum Gasteiger partial charge on any atom is -0.382 e. The van der Waals surface area contributed by atoms with Gasteiger partial charge in [0.25, 0.3) is 5.91 Å². The van der Waals surface area contributed by atoms with Gasteiger partial charge in [-0.2, -0.15) is 0 Å². The fourth-order valence-electron chi connectivity index (χ4n) is 3.80. The summed E-state index contributed by atoms with van der Waals surface area (Å²) in [5, 5.41) is 4.02. The zero-order chi connectivity index (χ0) is 19.7. The van der Waals surface area contributed by atoms with E-state index in [1.807, 2.05) is 4.90 Å². The Kier molecular flexibility index (Phi) is 5.03. The summed E-state index contributed by atoms with van der Waals surface area (Å²) in [4.78, 5) is 22.4. The molecule has 2 aliphatic heterocycles. The Labute approximate surface area is 164 Å². The molecule has 146 valence electrons. The maximum atomic E-state index is 13.4. The topological polar surface area (TPSA) is 45.1 Å². The van der Waals surface area contributed by atoms with Gasteiger partial charge in [0, 0.05) is 43.9 Å². The molecule has 2 aromatic rings. The Balaban J connectivity index is 1.35. The molecule has 0 aliphatic carbocycles. The van der Waals surface area contributed by atoms with E-state index in [2.05, 4.69) is 42.1 Å². The van der Waals surface area contributed by atoms with Crippen molar-refractivity contribution in [3.63, 3.8) is 0 Å². The number of benzene rings is 2. The molecular formula is C22H24FN3O2. The van der Waals surface area contributed by atoms with Gasteiger partial charge < -0.3 is 14.6 Å². The van der Waals surface area contributed by atoms with Crippen LogP contribution in [0.2, 0.25) is 0 Å². The number of rotatable bonds is 3. The van der Waals surface area contributed by atoms with Gasteiger partial charge in [0.05, 0.1) is 5.71 Å². The maximum absolute atomic E-state index is 13.4. The van der Waals surface area contributed by atoms with Crippen LogP contribution in [-0.4, -0.2) is 48.8 Å². The van der Waals surface area contributed by atoms with Crippen molar-refractivity contribution in [2.45, 2.75) is 26.4 Å². The van der Waals surface area contributed by atoms with Crippen LogP contribution in [0, 0.1) is 19.7 Å². The van der Waals surface area contributed by atoms with E-state index in [0.717, 1.165) is 13.1 Å². The highest BCUT2D eigenvalue weighted by Crippen LogP contribution is 2.25. The van der Waals surface area contributed by atoms with Gasteiger partial charge in [0.15, 0.2) is 0 Å². The van der Waals surface area contributed by atoms with E-state index >= 15 is 0 Å². The molecule has 1 saturated heterocycles. The third-order valence-corrected chi connectivity index (χ3v) is 5.61. The zero-order valence-corrected chi connectivity index (χ0v) is 16.2. The lowest BCUT2D eigenvalue weighted by Crippen LogP contribution is -2.51. The van der Waals surface area contributed by atoms with Crippen molar-refractivity contribution >= 4 is 17.3 Å². The first-order chi connectivity index (χ1) is 13.5. The minimum atomic E-state index is -0.620. The fourth-order valence-corrected chi connectivity index (χ4v) is 3.80. The second-order valence-corrected chi connectivity index (χ2v) is 7.38. The van der Waals surface area contributed by atoms with Crippen molar-refractivity contribution in [2.24, 2.45) is 5.16 Å². The minimum absolute atomic E-state index is 0.0456. The van der Waals surface area contributed by atoms with Crippen LogP contribution < -0.4 is 4.90 Å². The molecule has 2 aliphatic rings. The summed E-state index contributed by atoms with van der Waals surface area (Å²) in [6.07, 6.45) is -0.245. The molecule has 0 spiro atoms. The van der Waals surface area contributed by atoms with Gasteiger partial charge in [-0.3, -0.25) is 4.79 Å². The molecule has 2 heterocycles. The van der Waals surface area contributed by atoms with Crippen molar-refractivity contribution in [1.29, 1.82) is 0 Å². The van der Waals surface area contributed by atoms with Gasteiger partial charge >= 0.3 is 0 Å². The third kappa shape index (κ3) is 3.59. The average molecular weight is 381 g/mol. The Morgan fingerprint density at radius 2 is 1.86 bits per heavy atom. The van der Waals surface area contributed by atoms with Crippen LogP contribution in [0.15, 0.2) is 47.6 Å². The van der Waals surface area contributed by atoms with Gasteiger partial charge in [-0.1, -0.05) is 29.4 Å². The number of hydrogen-bond donors (Lipinski definition) is 0. The number of anilines is 1. The normalized spacial score (nSPS) is 19.4. The van der Waals surface area contributed by atoms with Crippen LogP contribution in [0.4, 0.5) is 10.1 Å². The highest BCUT2D eigenvalue weighted by atomic mass is 19.1. The number of oxime groups is 1. The molecular weight excluding hydrogens is 357 g/mol. The molecule has 0 radical (unpaired) electrons. The Morgan fingerprint density at radius 3 is 2.61 bits per heavy atom. The summed E-state index contributed by atoms with van der Waals surface area (Å²) < 4.78 is 13.4. The molecule has 5 nitrogen and oxygen atoms in total. The highest BCUT2D eigenvalue weighted by molar-refractivity contribution is 6.04. The summed E-state index contributed by atoms with van der Waals surface area (Å²) in [7, 11) is 0. The predicted octanol–water partition coefficient (Wildman–Crippen LogP) is 3.28. The van der Waals surface area contributed by atoms with Gasteiger partial charge in [-0.25, -0.2) is 4.39 Å². The number of amides is 1. The second kappa shape index (κ2) is 7.62. The fraction of sp³-hybridized carbons (Fsp3) is 0.364. The van der Waals surface area contributed by atoms with Gasteiger partial charge in [0.2, 0.25) is 6.10 Å². The molecule has 6 heteroatoms. The summed E-state index contributed by atoms with van der Waals surface area (Å²) in [6, 6.07) is 12.5. The smallest absolute Gasteiger partial charge is 0.267 e. The first kappa shape index (κ1) is 18.5. The molecule has 0 N–H and O–H groups in total. The first-order valence-electron chi connectivity index (χ1n) is 9.61. The second-order valence-electron chi connectivity index (χ2n) is 7.38. The third-order valence-electron chi connectivity index (χ3n) is 5.61. The largest absolute Gasteiger partial charge is 0.382 e. The van der Waals surface area contributed by atoms with E-state index < -0.39 is 6.10 Å². The standard InChI is InChI=1S/C22H24FN3O2/c1-15-5-3-8-20(16(15)2)25-9-11-26(12-10-25)22(27)21-14-19(24-28-21)17-6-4-7-18(23)13-17/h3-8,13,21H,9-12,14H2,1-2H3. The zero-order valence-electron chi connectivity index (χ0n) is 16.2. The lowest BCUT2D eigenvalue weighted by atomic mass is 10.0. The van der Waals surface area contributed by atoms with Crippen molar-refractivity contribution in [2.75, 3.05) is 31.1 Å². The molecule has 4 rings (SSSR count). The van der Waals surface area contributed by atoms with Crippen molar-refractivity contribution < 1.29 is 14.0 Å². The molecule has 1 atom stereocenters. The Morgan fingerprint density at radius 1 is 1.11 bits per heavy atom. The first-order valence-corrected chi connectivity index (χ1v) is 9.61. The van der Waals surface area contributed by atoms with Crippen LogP contribution in [0.5, 0.6) is 0 Å². The van der Waals surface area contributed by atoms with E-state index in [0.29, 0.717) is 30.8 Å². The molecule has 0 aromatic heterocycles. The number of halogens is 1. The summed E-state index contributed by atoms with van der Waals surface area (Å²) >= 11 is 0. The van der Waals surface area contributed by atoms with E-state index in [9.17, 15) is 9.18 Å². The van der Waals surface area contributed by atoms with E-state index in [1.54, 1.807) is 12.1 Å². The van der Waals surface area contributed by atoms with Crippen LogP contribution in [0.3, 0.4) is 0 Å². The molecule has 1 amide bonds. The Hall–Kier alpha value is -2.89. The lowest BCUT2D eigenvalue weighted by Gasteiger charge is -2.37. The number of hydrogen-bond acceptors (Lipinski definition) is 4. The van der Waals surface area contributed by atoms with Gasteiger partial charge in [-0.15, -0.1) is 0 Å². The molecule has 1 fully saturated rings. The van der Waals surface area contributed by atoms with Crippen molar-refractivity contribution in [3.8, 4) is 0 Å². The maximum Gasteiger partial charge on any atom is 0.267 e.